The SMILES string of the molecule is NCC(C(=O)Nc1ccc(C2CNNC2)cc1)n1cc(-c2ccccc2)nn1. The fraction of sp³-hybridized carbons (Fsp3) is 0.250. The average molecular weight is 377 g/mol. The van der Waals surface area contributed by atoms with E-state index < -0.39 is 6.04 Å². The standard InChI is InChI=1S/C20H23N7O/c21-10-19(27-13-18(25-26-27)15-4-2-1-3-5-15)20(28)24-17-8-6-14(7-9-17)16-11-22-23-12-16/h1-9,13,16,19,22-23H,10-12,21H2,(H,24,28). The first-order valence-electron chi connectivity index (χ1n) is 9.28. The minimum absolute atomic E-state index is 0.126. The quantitative estimate of drug-likeness (QED) is 0.515. The third-order valence-corrected chi connectivity index (χ3v) is 4.90. The van der Waals surface area contributed by atoms with Crippen LogP contribution in [0, 0.1) is 0 Å². The lowest BCUT2D eigenvalue weighted by Crippen LogP contribution is -2.32. The molecule has 1 fully saturated rings. The highest BCUT2D eigenvalue weighted by Gasteiger charge is 2.21. The van der Waals surface area contributed by atoms with Crippen LogP contribution >= 0.6 is 0 Å². The van der Waals surface area contributed by atoms with E-state index in [2.05, 4.69) is 26.5 Å². The van der Waals surface area contributed by atoms with Crippen molar-refractivity contribution in [3.63, 3.8) is 0 Å². The van der Waals surface area contributed by atoms with Crippen molar-refractivity contribution in [3.05, 3.63) is 66.4 Å². The van der Waals surface area contributed by atoms with Crippen molar-refractivity contribution in [3.8, 4) is 11.3 Å². The van der Waals surface area contributed by atoms with Crippen molar-refractivity contribution in [1.82, 2.24) is 25.8 Å². The van der Waals surface area contributed by atoms with Crippen molar-refractivity contribution < 1.29 is 4.79 Å². The second kappa shape index (κ2) is 8.30. The number of amides is 1. The molecule has 5 N–H and O–H groups in total. The molecule has 3 aromatic rings. The monoisotopic (exact) mass is 377 g/mol. The van der Waals surface area contributed by atoms with Crippen LogP contribution in [0.4, 0.5) is 5.69 Å². The maximum absolute atomic E-state index is 12.7. The first kappa shape index (κ1) is 18.3. The second-order valence-electron chi connectivity index (χ2n) is 6.77. The van der Waals surface area contributed by atoms with Gasteiger partial charge in [0.1, 0.15) is 11.7 Å². The zero-order chi connectivity index (χ0) is 19.3. The Morgan fingerprint density at radius 3 is 2.54 bits per heavy atom. The van der Waals surface area contributed by atoms with Gasteiger partial charge in [-0.2, -0.15) is 0 Å². The Morgan fingerprint density at radius 1 is 1.14 bits per heavy atom. The highest BCUT2D eigenvalue weighted by Crippen LogP contribution is 2.21. The molecule has 1 amide bonds. The van der Waals surface area contributed by atoms with E-state index in [0.717, 1.165) is 24.3 Å². The molecule has 144 valence electrons. The molecule has 1 aromatic heterocycles. The Bertz CT molecular complexity index is 917. The van der Waals surface area contributed by atoms with E-state index >= 15 is 0 Å². The van der Waals surface area contributed by atoms with E-state index in [-0.39, 0.29) is 12.5 Å². The van der Waals surface area contributed by atoms with Gasteiger partial charge in [0.05, 0.1) is 6.20 Å². The van der Waals surface area contributed by atoms with Crippen molar-refractivity contribution in [1.29, 1.82) is 0 Å². The van der Waals surface area contributed by atoms with Gasteiger partial charge in [-0.3, -0.25) is 15.6 Å². The first-order chi connectivity index (χ1) is 13.7. The van der Waals surface area contributed by atoms with Gasteiger partial charge in [0.2, 0.25) is 0 Å². The molecule has 2 heterocycles. The molecule has 0 spiro atoms. The van der Waals surface area contributed by atoms with Crippen LogP contribution in [-0.4, -0.2) is 40.5 Å². The molecule has 4 rings (SSSR count). The summed E-state index contributed by atoms with van der Waals surface area (Å²) >= 11 is 0. The fourth-order valence-electron chi connectivity index (χ4n) is 3.27. The zero-order valence-electron chi connectivity index (χ0n) is 15.4. The van der Waals surface area contributed by atoms with Crippen molar-refractivity contribution in [2.45, 2.75) is 12.0 Å². The number of carbonyl (C=O) groups is 1. The van der Waals surface area contributed by atoms with Crippen LogP contribution in [0.3, 0.4) is 0 Å². The van der Waals surface area contributed by atoms with Crippen molar-refractivity contribution >= 4 is 11.6 Å². The Balaban J connectivity index is 1.45. The lowest BCUT2D eigenvalue weighted by molar-refractivity contribution is -0.119. The summed E-state index contributed by atoms with van der Waals surface area (Å²) in [5.41, 5.74) is 15.7. The zero-order valence-corrected chi connectivity index (χ0v) is 15.4. The van der Waals surface area contributed by atoms with Gasteiger partial charge in [0, 0.05) is 36.8 Å². The van der Waals surface area contributed by atoms with E-state index in [0.29, 0.717) is 11.6 Å². The molecule has 1 saturated heterocycles. The lowest BCUT2D eigenvalue weighted by atomic mass is 10.0. The van der Waals surface area contributed by atoms with Crippen LogP contribution in [0.5, 0.6) is 0 Å². The Kier molecular flexibility index (Phi) is 5.43. The number of hydrogen-bond donors (Lipinski definition) is 4. The summed E-state index contributed by atoms with van der Waals surface area (Å²) in [5.74, 6) is 0.219. The Labute approximate surface area is 163 Å². The molecular formula is C20H23N7O. The molecule has 0 bridgehead atoms. The number of rotatable bonds is 6. The number of hydrogen-bond acceptors (Lipinski definition) is 6. The van der Waals surface area contributed by atoms with Crippen LogP contribution in [0.1, 0.15) is 17.5 Å². The predicted molar refractivity (Wildman–Crippen MR) is 107 cm³/mol. The molecule has 8 nitrogen and oxygen atoms in total. The van der Waals surface area contributed by atoms with Gasteiger partial charge >= 0.3 is 0 Å². The number of nitrogens with two attached hydrogens (primary N) is 1. The number of carbonyl (C=O) groups excluding carboxylic acids is 1. The number of hydrazine groups is 1. The summed E-state index contributed by atoms with van der Waals surface area (Å²) in [5, 5.41) is 11.2. The van der Waals surface area contributed by atoms with Crippen molar-refractivity contribution in [2.24, 2.45) is 5.73 Å². The van der Waals surface area contributed by atoms with Gasteiger partial charge in [-0.25, -0.2) is 4.68 Å². The van der Waals surface area contributed by atoms with Crippen LogP contribution in [0.2, 0.25) is 0 Å². The number of benzene rings is 2. The normalized spacial score (nSPS) is 15.5. The van der Waals surface area contributed by atoms with Gasteiger partial charge < -0.3 is 11.1 Å². The van der Waals surface area contributed by atoms with Crippen LogP contribution in [0.15, 0.2) is 60.8 Å². The van der Waals surface area contributed by atoms with Gasteiger partial charge in [-0.15, -0.1) is 5.10 Å². The van der Waals surface area contributed by atoms with Gasteiger partial charge in [-0.05, 0) is 17.7 Å². The summed E-state index contributed by atoms with van der Waals surface area (Å²) in [6.07, 6.45) is 1.75. The smallest absolute Gasteiger partial charge is 0.250 e. The van der Waals surface area contributed by atoms with Gasteiger partial charge in [-0.1, -0.05) is 47.7 Å². The third kappa shape index (κ3) is 3.94. The van der Waals surface area contributed by atoms with E-state index in [1.54, 1.807) is 6.20 Å². The molecule has 1 atom stereocenters. The van der Waals surface area contributed by atoms with Gasteiger partial charge in [0.15, 0.2) is 0 Å². The molecular weight excluding hydrogens is 354 g/mol. The first-order valence-corrected chi connectivity index (χ1v) is 9.28. The van der Waals surface area contributed by atoms with E-state index in [9.17, 15) is 4.79 Å². The molecule has 8 heteroatoms. The second-order valence-corrected chi connectivity index (χ2v) is 6.77. The summed E-state index contributed by atoms with van der Waals surface area (Å²) in [7, 11) is 0. The highest BCUT2D eigenvalue weighted by molar-refractivity contribution is 5.93. The average Bonchev–Trinajstić information content (AvgIpc) is 3.42. The molecule has 0 saturated carbocycles. The van der Waals surface area contributed by atoms with Crippen LogP contribution < -0.4 is 21.9 Å². The number of nitrogens with zero attached hydrogens (tertiary/aromatic N) is 3. The summed E-state index contributed by atoms with van der Waals surface area (Å²) in [6, 6.07) is 17.0. The third-order valence-electron chi connectivity index (χ3n) is 4.90. The van der Waals surface area contributed by atoms with Gasteiger partial charge in [0.25, 0.3) is 5.91 Å². The maximum Gasteiger partial charge on any atom is 0.250 e. The maximum atomic E-state index is 12.7. The molecule has 1 unspecified atom stereocenters. The lowest BCUT2D eigenvalue weighted by Gasteiger charge is -2.15. The van der Waals surface area contributed by atoms with Crippen molar-refractivity contribution in [2.75, 3.05) is 25.0 Å². The van der Waals surface area contributed by atoms with E-state index in [1.807, 2.05) is 54.6 Å². The largest absolute Gasteiger partial charge is 0.328 e. The highest BCUT2D eigenvalue weighted by atomic mass is 16.2. The summed E-state index contributed by atoms with van der Waals surface area (Å²) in [6.45, 7) is 1.93. The number of anilines is 1. The molecule has 1 aliphatic rings. The summed E-state index contributed by atoms with van der Waals surface area (Å²) < 4.78 is 1.52. The van der Waals surface area contributed by atoms with Crippen LogP contribution in [0.25, 0.3) is 11.3 Å². The minimum Gasteiger partial charge on any atom is -0.328 e. The Morgan fingerprint density at radius 2 is 1.86 bits per heavy atom. The molecule has 0 aliphatic carbocycles. The number of nitrogens with one attached hydrogen (secondary N) is 3. The fourth-order valence-corrected chi connectivity index (χ4v) is 3.27. The molecule has 0 radical (unpaired) electrons. The molecule has 2 aromatic carbocycles. The van der Waals surface area contributed by atoms with E-state index in [4.69, 9.17) is 5.73 Å². The minimum atomic E-state index is -0.632. The molecule has 28 heavy (non-hydrogen) atoms. The summed E-state index contributed by atoms with van der Waals surface area (Å²) in [4.78, 5) is 12.7. The molecule has 1 aliphatic heterocycles. The number of aromatic nitrogens is 3. The Hall–Kier alpha value is -3.07. The van der Waals surface area contributed by atoms with Crippen LogP contribution in [-0.2, 0) is 4.79 Å². The predicted octanol–water partition coefficient (Wildman–Crippen LogP) is 1.27. The topological polar surface area (TPSA) is 110 Å². The van der Waals surface area contributed by atoms with E-state index in [1.165, 1.54) is 10.2 Å².